The number of nitrogens with one attached hydrogen (secondary N) is 2. The van der Waals surface area contributed by atoms with Gasteiger partial charge >= 0.3 is 0 Å². The summed E-state index contributed by atoms with van der Waals surface area (Å²) in [7, 11) is 1.26. The fourth-order valence-electron chi connectivity index (χ4n) is 1.53. The summed E-state index contributed by atoms with van der Waals surface area (Å²) in [6.07, 6.45) is 0. The van der Waals surface area contributed by atoms with Crippen LogP contribution in [0, 0.1) is 0 Å². The van der Waals surface area contributed by atoms with Crippen LogP contribution >= 0.6 is 0 Å². The van der Waals surface area contributed by atoms with Crippen LogP contribution in [-0.4, -0.2) is 41.5 Å². The van der Waals surface area contributed by atoms with Crippen molar-refractivity contribution in [3.8, 4) is 11.5 Å². The molecule has 1 unspecified atom stereocenters. The lowest BCUT2D eigenvalue weighted by molar-refractivity contribution is 0.395. The van der Waals surface area contributed by atoms with Crippen LogP contribution in [0.2, 0.25) is 0 Å². The quantitative estimate of drug-likeness (QED) is 0.784. The van der Waals surface area contributed by atoms with Crippen molar-refractivity contribution < 1.29 is 17.9 Å². The molecule has 1 atom stereocenters. The Bertz CT molecular complexity index is 516. The first-order valence-electron chi connectivity index (χ1n) is 5.83. The normalized spacial score (nSPS) is 12.8. The fourth-order valence-corrected chi connectivity index (χ4v) is 2.60. The standard InChI is InChI=1S/C12H20N2O4S/c1-9(8-13-2)19(15,16)14-11-6-5-10(17-3)7-12(11)18-4/h5-7,9,13-14H,8H2,1-4H3. The Morgan fingerprint density at radius 3 is 2.47 bits per heavy atom. The van der Waals surface area contributed by atoms with Gasteiger partial charge in [0.25, 0.3) is 0 Å². The minimum Gasteiger partial charge on any atom is -0.497 e. The van der Waals surface area contributed by atoms with Crippen molar-refractivity contribution in [2.45, 2.75) is 12.2 Å². The van der Waals surface area contributed by atoms with Gasteiger partial charge in [-0.1, -0.05) is 0 Å². The number of rotatable bonds is 7. The van der Waals surface area contributed by atoms with Gasteiger partial charge in [-0.25, -0.2) is 8.42 Å². The van der Waals surface area contributed by atoms with E-state index in [2.05, 4.69) is 10.0 Å². The number of hydrogen-bond acceptors (Lipinski definition) is 5. The van der Waals surface area contributed by atoms with E-state index in [1.807, 2.05) is 0 Å². The number of sulfonamides is 1. The molecule has 0 bridgehead atoms. The van der Waals surface area contributed by atoms with Crippen molar-refractivity contribution >= 4 is 15.7 Å². The number of benzene rings is 1. The van der Waals surface area contributed by atoms with Gasteiger partial charge in [0.1, 0.15) is 11.5 Å². The Labute approximate surface area is 114 Å². The van der Waals surface area contributed by atoms with Gasteiger partial charge in [-0.2, -0.15) is 0 Å². The molecule has 0 aromatic heterocycles. The molecule has 1 aromatic rings. The summed E-state index contributed by atoms with van der Waals surface area (Å²) in [5.74, 6) is 1.02. The van der Waals surface area contributed by atoms with E-state index in [-0.39, 0.29) is 0 Å². The van der Waals surface area contributed by atoms with E-state index < -0.39 is 15.3 Å². The predicted octanol–water partition coefficient (Wildman–Crippen LogP) is 1.05. The van der Waals surface area contributed by atoms with Crippen molar-refractivity contribution in [3.63, 3.8) is 0 Å². The molecule has 6 nitrogen and oxygen atoms in total. The van der Waals surface area contributed by atoms with Gasteiger partial charge < -0.3 is 14.8 Å². The molecule has 0 heterocycles. The van der Waals surface area contributed by atoms with E-state index in [4.69, 9.17) is 9.47 Å². The Morgan fingerprint density at radius 2 is 1.95 bits per heavy atom. The van der Waals surface area contributed by atoms with Gasteiger partial charge in [0.15, 0.2) is 0 Å². The van der Waals surface area contributed by atoms with Crippen LogP contribution in [0.1, 0.15) is 6.92 Å². The van der Waals surface area contributed by atoms with Crippen LogP contribution in [0.15, 0.2) is 18.2 Å². The summed E-state index contributed by atoms with van der Waals surface area (Å²) < 4.78 is 36.9. The lowest BCUT2D eigenvalue weighted by atomic mass is 10.3. The largest absolute Gasteiger partial charge is 0.497 e. The maximum Gasteiger partial charge on any atom is 0.236 e. The second-order valence-electron chi connectivity index (χ2n) is 4.08. The van der Waals surface area contributed by atoms with Crippen LogP contribution in [0.25, 0.3) is 0 Å². The van der Waals surface area contributed by atoms with Gasteiger partial charge in [0, 0.05) is 12.6 Å². The molecule has 0 fully saturated rings. The van der Waals surface area contributed by atoms with E-state index in [1.54, 1.807) is 32.2 Å². The molecular weight excluding hydrogens is 268 g/mol. The van der Waals surface area contributed by atoms with E-state index in [1.165, 1.54) is 14.2 Å². The third-order valence-electron chi connectivity index (χ3n) is 2.68. The molecule has 0 saturated heterocycles. The zero-order chi connectivity index (χ0) is 14.5. The van der Waals surface area contributed by atoms with Crippen LogP contribution < -0.4 is 19.5 Å². The zero-order valence-corrected chi connectivity index (χ0v) is 12.4. The third-order valence-corrected chi connectivity index (χ3v) is 4.41. The smallest absolute Gasteiger partial charge is 0.236 e. The van der Waals surface area contributed by atoms with Crippen LogP contribution in [-0.2, 0) is 10.0 Å². The molecule has 0 amide bonds. The summed E-state index contributed by atoms with van der Waals surface area (Å²) >= 11 is 0. The van der Waals surface area contributed by atoms with Crippen molar-refractivity contribution in [2.24, 2.45) is 0 Å². The van der Waals surface area contributed by atoms with Gasteiger partial charge in [-0.3, -0.25) is 4.72 Å². The molecular formula is C12H20N2O4S. The second kappa shape index (κ2) is 6.63. The van der Waals surface area contributed by atoms with E-state index in [9.17, 15) is 8.42 Å². The van der Waals surface area contributed by atoms with E-state index in [0.29, 0.717) is 23.7 Å². The Morgan fingerprint density at radius 1 is 1.26 bits per heavy atom. The molecule has 2 N–H and O–H groups in total. The van der Waals surface area contributed by atoms with Gasteiger partial charge in [0.2, 0.25) is 10.0 Å². The number of anilines is 1. The van der Waals surface area contributed by atoms with Gasteiger partial charge in [-0.15, -0.1) is 0 Å². The summed E-state index contributed by atoms with van der Waals surface area (Å²) in [6, 6.07) is 4.91. The van der Waals surface area contributed by atoms with E-state index >= 15 is 0 Å². The average molecular weight is 288 g/mol. The molecule has 0 saturated carbocycles. The van der Waals surface area contributed by atoms with Gasteiger partial charge in [0.05, 0.1) is 25.2 Å². The second-order valence-corrected chi connectivity index (χ2v) is 6.18. The monoisotopic (exact) mass is 288 g/mol. The van der Waals surface area contributed by atoms with Crippen molar-refractivity contribution in [2.75, 3.05) is 32.5 Å². The predicted molar refractivity (Wildman–Crippen MR) is 75.5 cm³/mol. The minimum absolute atomic E-state index is 0.369. The first-order valence-corrected chi connectivity index (χ1v) is 7.37. The molecule has 19 heavy (non-hydrogen) atoms. The Balaban J connectivity index is 2.99. The summed E-state index contributed by atoms with van der Waals surface area (Å²) in [4.78, 5) is 0. The minimum atomic E-state index is -3.46. The highest BCUT2D eigenvalue weighted by atomic mass is 32.2. The fraction of sp³-hybridized carbons (Fsp3) is 0.500. The highest BCUT2D eigenvalue weighted by molar-refractivity contribution is 7.93. The number of hydrogen-bond donors (Lipinski definition) is 2. The summed E-state index contributed by atoms with van der Waals surface area (Å²) in [5, 5.41) is 2.28. The molecule has 0 spiro atoms. The molecule has 1 rings (SSSR count). The molecule has 7 heteroatoms. The molecule has 0 aliphatic heterocycles. The zero-order valence-electron chi connectivity index (χ0n) is 11.6. The Kier molecular flexibility index (Phi) is 5.44. The molecule has 108 valence electrons. The SMILES string of the molecule is CNCC(C)S(=O)(=O)Nc1ccc(OC)cc1OC. The highest BCUT2D eigenvalue weighted by Crippen LogP contribution is 2.30. The van der Waals surface area contributed by atoms with Crippen molar-refractivity contribution in [1.82, 2.24) is 5.32 Å². The van der Waals surface area contributed by atoms with E-state index in [0.717, 1.165) is 0 Å². The summed E-state index contributed by atoms with van der Waals surface area (Å²) in [5.41, 5.74) is 0.395. The van der Waals surface area contributed by atoms with Gasteiger partial charge in [-0.05, 0) is 26.1 Å². The van der Waals surface area contributed by atoms with Crippen LogP contribution in [0.3, 0.4) is 0 Å². The molecule has 1 aromatic carbocycles. The van der Waals surface area contributed by atoms with Crippen LogP contribution in [0.4, 0.5) is 5.69 Å². The van der Waals surface area contributed by atoms with Crippen LogP contribution in [0.5, 0.6) is 11.5 Å². The molecule has 0 aliphatic rings. The maximum absolute atomic E-state index is 12.1. The summed E-state index contributed by atoms with van der Waals surface area (Å²) in [6.45, 7) is 2.00. The third kappa shape index (κ3) is 4.00. The van der Waals surface area contributed by atoms with Crippen molar-refractivity contribution in [1.29, 1.82) is 0 Å². The molecule has 0 aliphatic carbocycles. The lowest BCUT2D eigenvalue weighted by Crippen LogP contribution is -2.33. The van der Waals surface area contributed by atoms with Crippen molar-refractivity contribution in [3.05, 3.63) is 18.2 Å². The highest BCUT2D eigenvalue weighted by Gasteiger charge is 2.21. The topological polar surface area (TPSA) is 76.7 Å². The maximum atomic E-state index is 12.1. The number of ether oxygens (including phenoxy) is 2. The molecule has 0 radical (unpaired) electrons. The first kappa shape index (κ1) is 15.6. The first-order chi connectivity index (χ1) is 8.94. The number of methoxy groups -OCH3 is 2. The average Bonchev–Trinajstić information content (AvgIpc) is 2.39. The lowest BCUT2D eigenvalue weighted by Gasteiger charge is -2.16. The Hall–Kier alpha value is -1.47.